The molecule has 3 aromatic carbocycles. The molecule has 29 heavy (non-hydrogen) atoms. The molecular formula is C25H25N3O. The Balaban J connectivity index is 1.60. The Kier molecular flexibility index (Phi) is 6.13. The number of morpholine rings is 1. The lowest BCUT2D eigenvalue weighted by molar-refractivity contribution is 0.122. The van der Waals surface area contributed by atoms with Gasteiger partial charge >= 0.3 is 0 Å². The Morgan fingerprint density at radius 2 is 1.24 bits per heavy atom. The van der Waals surface area contributed by atoms with Gasteiger partial charge in [0.1, 0.15) is 5.71 Å². The zero-order valence-electron chi connectivity index (χ0n) is 16.7. The molecule has 1 saturated heterocycles. The van der Waals surface area contributed by atoms with Gasteiger partial charge in [0.05, 0.1) is 18.9 Å². The van der Waals surface area contributed by atoms with E-state index in [1.165, 1.54) is 5.69 Å². The summed E-state index contributed by atoms with van der Waals surface area (Å²) < 4.78 is 5.43. The summed E-state index contributed by atoms with van der Waals surface area (Å²) in [5.41, 5.74) is 6.17. The average Bonchev–Trinajstić information content (AvgIpc) is 2.81. The van der Waals surface area contributed by atoms with Crippen molar-refractivity contribution < 1.29 is 4.74 Å². The number of hydrogen-bond donors (Lipinski definition) is 0. The van der Waals surface area contributed by atoms with Crippen LogP contribution in [0.25, 0.3) is 0 Å². The molecule has 1 aliphatic heterocycles. The summed E-state index contributed by atoms with van der Waals surface area (Å²) in [5, 5.41) is 9.19. The highest BCUT2D eigenvalue weighted by Crippen LogP contribution is 2.17. The van der Waals surface area contributed by atoms with Crippen LogP contribution in [0.1, 0.15) is 23.6 Å². The van der Waals surface area contributed by atoms with Crippen LogP contribution in [-0.4, -0.2) is 37.7 Å². The summed E-state index contributed by atoms with van der Waals surface area (Å²) in [7, 11) is 0. The molecular weight excluding hydrogens is 358 g/mol. The molecule has 1 heterocycles. The minimum atomic E-state index is 0.790. The smallest absolute Gasteiger partial charge is 0.100 e. The van der Waals surface area contributed by atoms with Crippen LogP contribution in [0.4, 0.5) is 5.69 Å². The van der Waals surface area contributed by atoms with Gasteiger partial charge in [0, 0.05) is 29.9 Å². The predicted molar refractivity (Wildman–Crippen MR) is 120 cm³/mol. The lowest BCUT2D eigenvalue weighted by atomic mass is 10.0. The summed E-state index contributed by atoms with van der Waals surface area (Å²) in [6, 6.07) is 28.9. The Morgan fingerprint density at radius 3 is 1.79 bits per heavy atom. The summed E-state index contributed by atoms with van der Waals surface area (Å²) in [4.78, 5) is 2.35. The van der Waals surface area contributed by atoms with Gasteiger partial charge in [-0.1, -0.05) is 72.8 Å². The summed E-state index contributed by atoms with van der Waals surface area (Å²) in [6.07, 6.45) is 0. The van der Waals surface area contributed by atoms with E-state index in [1.54, 1.807) is 0 Å². The van der Waals surface area contributed by atoms with Crippen LogP contribution in [0.2, 0.25) is 0 Å². The van der Waals surface area contributed by atoms with Crippen LogP contribution in [0.3, 0.4) is 0 Å². The van der Waals surface area contributed by atoms with Crippen LogP contribution >= 0.6 is 0 Å². The molecule has 4 rings (SSSR count). The maximum absolute atomic E-state index is 5.43. The van der Waals surface area contributed by atoms with Gasteiger partial charge in [0.2, 0.25) is 0 Å². The Hall–Kier alpha value is -3.24. The highest BCUT2D eigenvalue weighted by Gasteiger charge is 2.11. The SMILES string of the molecule is CC(=NN=C(c1ccccc1)c1ccccc1)c1ccc(N2CCOCC2)cc1. The zero-order chi connectivity index (χ0) is 19.9. The van der Waals surface area contributed by atoms with Crippen molar-refractivity contribution in [2.75, 3.05) is 31.2 Å². The van der Waals surface area contributed by atoms with Gasteiger partial charge in [-0.15, -0.1) is 5.10 Å². The van der Waals surface area contributed by atoms with Crippen molar-refractivity contribution in [2.24, 2.45) is 10.2 Å². The van der Waals surface area contributed by atoms with Crippen molar-refractivity contribution in [1.29, 1.82) is 0 Å². The fourth-order valence-corrected chi connectivity index (χ4v) is 3.39. The first kappa shape index (κ1) is 19.1. The largest absolute Gasteiger partial charge is 0.378 e. The molecule has 0 aromatic heterocycles. The topological polar surface area (TPSA) is 37.2 Å². The number of ether oxygens (including phenoxy) is 1. The van der Waals surface area contributed by atoms with E-state index in [9.17, 15) is 0 Å². The predicted octanol–water partition coefficient (Wildman–Crippen LogP) is 4.78. The Labute approximate surface area is 172 Å². The van der Waals surface area contributed by atoms with Crippen LogP contribution in [0.5, 0.6) is 0 Å². The fraction of sp³-hybridized carbons (Fsp3) is 0.200. The molecule has 4 heteroatoms. The molecule has 0 amide bonds. The van der Waals surface area contributed by atoms with Gasteiger partial charge in [-0.05, 0) is 24.6 Å². The van der Waals surface area contributed by atoms with E-state index in [0.29, 0.717) is 0 Å². The monoisotopic (exact) mass is 383 g/mol. The molecule has 4 nitrogen and oxygen atoms in total. The van der Waals surface area contributed by atoms with Gasteiger partial charge in [-0.25, -0.2) is 0 Å². The van der Waals surface area contributed by atoms with E-state index in [0.717, 1.165) is 54.4 Å². The molecule has 0 N–H and O–H groups in total. The quantitative estimate of drug-likeness (QED) is 0.469. The Morgan fingerprint density at radius 1 is 0.690 bits per heavy atom. The highest BCUT2D eigenvalue weighted by molar-refractivity contribution is 6.13. The van der Waals surface area contributed by atoms with E-state index in [4.69, 9.17) is 4.74 Å². The second-order valence-corrected chi connectivity index (χ2v) is 7.01. The van der Waals surface area contributed by atoms with Gasteiger partial charge < -0.3 is 9.64 Å². The fourth-order valence-electron chi connectivity index (χ4n) is 3.39. The zero-order valence-corrected chi connectivity index (χ0v) is 16.7. The van der Waals surface area contributed by atoms with E-state index >= 15 is 0 Å². The molecule has 0 bridgehead atoms. The van der Waals surface area contributed by atoms with Gasteiger partial charge in [-0.3, -0.25) is 0 Å². The lowest BCUT2D eigenvalue weighted by Gasteiger charge is -2.28. The van der Waals surface area contributed by atoms with Crippen molar-refractivity contribution in [2.45, 2.75) is 6.92 Å². The number of rotatable bonds is 5. The third kappa shape index (κ3) is 4.79. The number of hydrogen-bond acceptors (Lipinski definition) is 4. The summed E-state index contributed by atoms with van der Waals surface area (Å²) in [5.74, 6) is 0. The van der Waals surface area contributed by atoms with Crippen LogP contribution in [0, 0.1) is 0 Å². The molecule has 3 aromatic rings. The number of anilines is 1. The highest BCUT2D eigenvalue weighted by atomic mass is 16.5. The molecule has 0 radical (unpaired) electrons. The summed E-state index contributed by atoms with van der Waals surface area (Å²) >= 11 is 0. The summed E-state index contributed by atoms with van der Waals surface area (Å²) in [6.45, 7) is 5.46. The first-order valence-corrected chi connectivity index (χ1v) is 9.97. The molecule has 0 unspecified atom stereocenters. The van der Waals surface area contributed by atoms with Crippen LogP contribution in [0.15, 0.2) is 95.1 Å². The molecule has 0 spiro atoms. The average molecular weight is 383 g/mol. The third-order valence-electron chi connectivity index (χ3n) is 5.06. The van der Waals surface area contributed by atoms with Gasteiger partial charge in [0.15, 0.2) is 0 Å². The molecule has 0 saturated carbocycles. The minimum Gasteiger partial charge on any atom is -0.378 e. The second-order valence-electron chi connectivity index (χ2n) is 7.01. The third-order valence-corrected chi connectivity index (χ3v) is 5.06. The normalized spacial score (nSPS) is 14.5. The minimum absolute atomic E-state index is 0.790. The first-order valence-electron chi connectivity index (χ1n) is 9.97. The van der Waals surface area contributed by atoms with Crippen molar-refractivity contribution in [3.63, 3.8) is 0 Å². The van der Waals surface area contributed by atoms with E-state index in [1.807, 2.05) is 43.3 Å². The maximum Gasteiger partial charge on any atom is 0.100 e. The van der Waals surface area contributed by atoms with Crippen molar-refractivity contribution in [3.05, 3.63) is 102 Å². The second kappa shape index (κ2) is 9.30. The first-order chi connectivity index (χ1) is 14.3. The Bertz CT molecular complexity index is 932. The van der Waals surface area contributed by atoms with E-state index in [2.05, 4.69) is 63.6 Å². The van der Waals surface area contributed by atoms with Crippen LogP contribution < -0.4 is 4.90 Å². The molecule has 1 aliphatic rings. The van der Waals surface area contributed by atoms with E-state index in [-0.39, 0.29) is 0 Å². The van der Waals surface area contributed by atoms with Crippen LogP contribution in [-0.2, 0) is 4.74 Å². The van der Waals surface area contributed by atoms with Crippen molar-refractivity contribution in [3.8, 4) is 0 Å². The molecule has 146 valence electrons. The van der Waals surface area contributed by atoms with Gasteiger partial charge in [-0.2, -0.15) is 5.10 Å². The maximum atomic E-state index is 5.43. The number of benzene rings is 3. The number of nitrogens with zero attached hydrogens (tertiary/aromatic N) is 3. The standard InChI is InChI=1S/C25H25N3O/c1-20(21-12-14-24(15-13-21)28-16-18-29-19-17-28)26-27-25(22-8-4-2-5-9-22)23-10-6-3-7-11-23/h2-15H,16-19H2,1H3. The molecule has 1 fully saturated rings. The van der Waals surface area contributed by atoms with E-state index < -0.39 is 0 Å². The molecule has 0 aliphatic carbocycles. The van der Waals surface area contributed by atoms with Gasteiger partial charge in [0.25, 0.3) is 0 Å². The van der Waals surface area contributed by atoms with Crippen molar-refractivity contribution >= 4 is 17.1 Å². The lowest BCUT2D eigenvalue weighted by Crippen LogP contribution is -2.36. The van der Waals surface area contributed by atoms with Crippen molar-refractivity contribution in [1.82, 2.24) is 0 Å². The molecule has 0 atom stereocenters.